The lowest BCUT2D eigenvalue weighted by Crippen LogP contribution is -2.24. The molecule has 12 heteroatoms. The Bertz CT molecular complexity index is 1300. The zero-order chi connectivity index (χ0) is 26.1. The smallest absolute Gasteiger partial charge is 0.282 e. The molecule has 0 aliphatic rings. The van der Waals surface area contributed by atoms with E-state index in [1.165, 1.54) is 25.3 Å². The molecular weight excluding hydrogens is 511 g/mol. The molecule has 0 spiro atoms. The minimum absolute atomic E-state index is 0.0550. The predicted molar refractivity (Wildman–Crippen MR) is 136 cm³/mol. The van der Waals surface area contributed by atoms with Crippen LogP contribution >= 0.6 is 23.2 Å². The summed E-state index contributed by atoms with van der Waals surface area (Å²) in [5.41, 5.74) is 3.02. The molecule has 36 heavy (non-hydrogen) atoms. The molecule has 3 rings (SSSR count). The van der Waals surface area contributed by atoms with Crippen LogP contribution in [0.15, 0.2) is 65.8 Å². The van der Waals surface area contributed by atoms with E-state index in [1.807, 2.05) is 30.3 Å². The van der Waals surface area contributed by atoms with Crippen LogP contribution in [0.3, 0.4) is 0 Å². The number of methoxy groups -OCH3 is 1. The number of hydrogen-bond acceptors (Lipinski definition) is 7. The molecule has 0 atom stereocenters. The molecule has 3 aromatic rings. The van der Waals surface area contributed by atoms with Crippen LogP contribution in [-0.4, -0.2) is 30.1 Å². The first-order chi connectivity index (χ1) is 17.3. The van der Waals surface area contributed by atoms with Crippen molar-refractivity contribution >= 4 is 52.6 Å². The fourth-order valence-corrected chi connectivity index (χ4v) is 3.34. The van der Waals surface area contributed by atoms with Crippen LogP contribution in [0.5, 0.6) is 11.5 Å². The number of nitro groups is 1. The maximum Gasteiger partial charge on any atom is 0.282 e. The second-order valence-corrected chi connectivity index (χ2v) is 8.00. The fourth-order valence-electron chi connectivity index (χ4n) is 2.99. The summed E-state index contributed by atoms with van der Waals surface area (Å²) in [6, 6.07) is 16.5. The van der Waals surface area contributed by atoms with E-state index >= 15 is 0 Å². The Morgan fingerprint density at radius 1 is 1.06 bits per heavy atom. The predicted octanol–water partition coefficient (Wildman–Crippen LogP) is 4.97. The molecule has 0 saturated carbocycles. The van der Waals surface area contributed by atoms with Crippen LogP contribution in [0.2, 0.25) is 10.0 Å². The van der Waals surface area contributed by atoms with Crippen LogP contribution in [0, 0.1) is 10.1 Å². The number of ether oxygens (including phenoxy) is 2. The standard InChI is InChI=1S/C24H20Cl2N4O6/c1-35-20-10-16(19(30(33)34)11-21(20)36-14-15-6-3-2-4-7-15)13-27-29-23(32)12-22(31)28-18-9-5-8-17(25)24(18)26/h2-11,13H,12,14H2,1H3,(H,28,31)(H,29,32). The van der Waals surface area contributed by atoms with E-state index in [9.17, 15) is 19.7 Å². The van der Waals surface area contributed by atoms with Crippen molar-refractivity contribution in [1.29, 1.82) is 0 Å². The summed E-state index contributed by atoms with van der Waals surface area (Å²) in [4.78, 5) is 35.2. The van der Waals surface area contributed by atoms with Crippen molar-refractivity contribution in [3.63, 3.8) is 0 Å². The largest absolute Gasteiger partial charge is 0.493 e. The summed E-state index contributed by atoms with van der Waals surface area (Å²) in [5, 5.41) is 18.2. The molecule has 186 valence electrons. The Balaban J connectivity index is 1.66. The highest BCUT2D eigenvalue weighted by atomic mass is 35.5. The van der Waals surface area contributed by atoms with E-state index in [-0.39, 0.29) is 45.1 Å². The number of anilines is 1. The van der Waals surface area contributed by atoms with Crippen molar-refractivity contribution in [2.45, 2.75) is 13.0 Å². The van der Waals surface area contributed by atoms with Gasteiger partial charge in [0.25, 0.3) is 5.69 Å². The summed E-state index contributed by atoms with van der Waals surface area (Å²) in [6.45, 7) is 0.181. The van der Waals surface area contributed by atoms with E-state index in [0.29, 0.717) is 0 Å². The fraction of sp³-hybridized carbons (Fsp3) is 0.125. The number of rotatable bonds is 10. The Morgan fingerprint density at radius 2 is 1.81 bits per heavy atom. The molecule has 0 aliphatic carbocycles. The molecule has 10 nitrogen and oxygen atoms in total. The van der Waals surface area contributed by atoms with Crippen molar-refractivity contribution in [2.24, 2.45) is 5.10 Å². The molecule has 0 bridgehead atoms. The molecule has 0 aliphatic heterocycles. The molecule has 2 N–H and O–H groups in total. The van der Waals surface area contributed by atoms with E-state index < -0.39 is 23.2 Å². The monoisotopic (exact) mass is 530 g/mol. The second-order valence-electron chi connectivity index (χ2n) is 7.21. The van der Waals surface area contributed by atoms with Gasteiger partial charge in [0.15, 0.2) is 11.5 Å². The number of hydrazone groups is 1. The molecule has 2 amide bonds. The number of amides is 2. The first kappa shape index (κ1) is 26.5. The van der Waals surface area contributed by atoms with Gasteiger partial charge < -0.3 is 14.8 Å². The van der Waals surface area contributed by atoms with Gasteiger partial charge in [-0.2, -0.15) is 5.10 Å². The summed E-state index contributed by atoms with van der Waals surface area (Å²) in [6.07, 6.45) is 0.503. The number of benzene rings is 3. The first-order valence-electron chi connectivity index (χ1n) is 10.4. The molecule has 0 aromatic heterocycles. The van der Waals surface area contributed by atoms with Gasteiger partial charge in [0.05, 0.1) is 45.6 Å². The van der Waals surface area contributed by atoms with Crippen molar-refractivity contribution in [3.8, 4) is 11.5 Å². The summed E-state index contributed by atoms with van der Waals surface area (Å²) in [7, 11) is 1.39. The van der Waals surface area contributed by atoms with E-state index in [0.717, 1.165) is 11.8 Å². The van der Waals surface area contributed by atoms with Crippen molar-refractivity contribution in [2.75, 3.05) is 12.4 Å². The average molecular weight is 531 g/mol. The summed E-state index contributed by atoms with van der Waals surface area (Å²) in [5.74, 6) is -0.994. The van der Waals surface area contributed by atoms with Gasteiger partial charge in [0.2, 0.25) is 11.8 Å². The molecular formula is C24H20Cl2N4O6. The third kappa shape index (κ3) is 7.17. The third-order valence-corrected chi connectivity index (χ3v) is 5.51. The summed E-state index contributed by atoms with van der Waals surface area (Å²) >= 11 is 11.9. The highest BCUT2D eigenvalue weighted by Crippen LogP contribution is 2.34. The quantitative estimate of drug-likeness (QED) is 0.164. The van der Waals surface area contributed by atoms with Crippen LogP contribution in [0.4, 0.5) is 11.4 Å². The van der Waals surface area contributed by atoms with Gasteiger partial charge >= 0.3 is 0 Å². The molecule has 0 heterocycles. The molecule has 0 saturated heterocycles. The van der Waals surface area contributed by atoms with Gasteiger partial charge in [-0.3, -0.25) is 19.7 Å². The highest BCUT2D eigenvalue weighted by Gasteiger charge is 2.19. The normalized spacial score (nSPS) is 10.6. The number of nitrogens with zero attached hydrogens (tertiary/aromatic N) is 2. The molecule has 3 aromatic carbocycles. The van der Waals surface area contributed by atoms with Crippen LogP contribution < -0.4 is 20.2 Å². The number of nitro benzene ring substituents is 1. The zero-order valence-electron chi connectivity index (χ0n) is 18.9. The van der Waals surface area contributed by atoms with Gasteiger partial charge in [-0.1, -0.05) is 59.6 Å². The van der Waals surface area contributed by atoms with Crippen molar-refractivity contribution in [1.82, 2.24) is 5.43 Å². The van der Waals surface area contributed by atoms with Gasteiger partial charge in [-0.15, -0.1) is 0 Å². The first-order valence-corrected chi connectivity index (χ1v) is 11.1. The summed E-state index contributed by atoms with van der Waals surface area (Å²) < 4.78 is 11.0. The maximum absolute atomic E-state index is 12.1. The number of halogens is 2. The van der Waals surface area contributed by atoms with E-state index in [1.54, 1.807) is 12.1 Å². The molecule has 0 unspecified atom stereocenters. The number of carbonyl (C=O) groups excluding carboxylic acids is 2. The van der Waals surface area contributed by atoms with E-state index in [4.69, 9.17) is 32.7 Å². The number of carbonyl (C=O) groups is 2. The third-order valence-electron chi connectivity index (χ3n) is 4.69. The number of hydrogen-bond donors (Lipinski definition) is 2. The van der Waals surface area contributed by atoms with Gasteiger partial charge in [-0.25, -0.2) is 5.43 Å². The van der Waals surface area contributed by atoms with Crippen molar-refractivity contribution < 1.29 is 24.0 Å². The lowest BCUT2D eigenvalue weighted by molar-refractivity contribution is -0.385. The lowest BCUT2D eigenvalue weighted by Gasteiger charge is -2.12. The minimum Gasteiger partial charge on any atom is -0.493 e. The lowest BCUT2D eigenvalue weighted by atomic mass is 10.1. The van der Waals surface area contributed by atoms with Gasteiger partial charge in [0, 0.05) is 0 Å². The second kappa shape index (κ2) is 12.5. The maximum atomic E-state index is 12.1. The van der Waals surface area contributed by atoms with Crippen LogP contribution in [0.25, 0.3) is 0 Å². The van der Waals surface area contributed by atoms with Crippen LogP contribution in [-0.2, 0) is 16.2 Å². The molecule has 0 fully saturated rings. The average Bonchev–Trinajstić information content (AvgIpc) is 2.86. The van der Waals surface area contributed by atoms with Gasteiger partial charge in [-0.05, 0) is 23.8 Å². The Labute approximate surface area is 216 Å². The zero-order valence-corrected chi connectivity index (χ0v) is 20.4. The Kier molecular flexibility index (Phi) is 9.20. The minimum atomic E-state index is -0.751. The molecule has 0 radical (unpaired) electrons. The van der Waals surface area contributed by atoms with Crippen molar-refractivity contribution in [3.05, 3.63) is 92.0 Å². The SMILES string of the molecule is COc1cc(C=NNC(=O)CC(=O)Nc2cccc(Cl)c2Cl)c([N+](=O)[O-])cc1OCc1ccccc1. The van der Waals surface area contributed by atoms with Gasteiger partial charge in [0.1, 0.15) is 13.0 Å². The van der Waals surface area contributed by atoms with Crippen LogP contribution in [0.1, 0.15) is 17.5 Å². The highest BCUT2D eigenvalue weighted by molar-refractivity contribution is 6.44. The Morgan fingerprint density at radius 3 is 2.50 bits per heavy atom. The van der Waals surface area contributed by atoms with E-state index in [2.05, 4.69) is 15.8 Å². The Hall–Kier alpha value is -4.15. The number of nitrogens with one attached hydrogen (secondary N) is 2. The topological polar surface area (TPSA) is 132 Å².